The molecule has 6 heteroatoms. The summed E-state index contributed by atoms with van der Waals surface area (Å²) in [5.41, 5.74) is 1.63. The Bertz CT molecular complexity index is 743. The molecule has 0 aliphatic carbocycles. The van der Waals surface area contributed by atoms with Gasteiger partial charge in [0.05, 0.1) is 16.3 Å². The van der Waals surface area contributed by atoms with Crippen LogP contribution < -0.4 is 10.2 Å². The number of sulfone groups is 1. The van der Waals surface area contributed by atoms with Crippen LogP contribution >= 0.6 is 0 Å². The number of rotatable bonds is 6. The highest BCUT2D eigenvalue weighted by atomic mass is 32.2. The Balaban J connectivity index is 2.27. The Kier molecular flexibility index (Phi) is 5.03. The van der Waals surface area contributed by atoms with Crippen LogP contribution in [0.15, 0.2) is 47.5 Å². The van der Waals surface area contributed by atoms with Gasteiger partial charge in [-0.15, -0.1) is 0 Å². The molecule has 2 aromatic rings. The van der Waals surface area contributed by atoms with E-state index in [1.807, 2.05) is 37.2 Å². The molecule has 0 bridgehead atoms. The second-order valence-corrected chi connectivity index (χ2v) is 7.38. The van der Waals surface area contributed by atoms with Crippen molar-refractivity contribution >= 4 is 21.3 Å². The van der Waals surface area contributed by atoms with Crippen LogP contribution in [0.4, 0.5) is 11.5 Å². The molecule has 1 aromatic carbocycles. The number of pyridine rings is 1. The van der Waals surface area contributed by atoms with E-state index in [0.29, 0.717) is 17.1 Å². The molecule has 0 unspecified atom stereocenters. The molecular weight excluding hydrogens is 298 g/mol. The summed E-state index contributed by atoms with van der Waals surface area (Å²) in [5, 5.41) is 3.22. The molecule has 118 valence electrons. The van der Waals surface area contributed by atoms with Crippen LogP contribution in [-0.2, 0) is 16.4 Å². The fraction of sp³-hybridized carbons (Fsp3) is 0.312. The largest absolute Gasteiger partial charge is 0.380 e. The smallest absolute Gasteiger partial charge is 0.180 e. The molecule has 0 saturated heterocycles. The van der Waals surface area contributed by atoms with E-state index in [0.717, 1.165) is 11.4 Å². The summed E-state index contributed by atoms with van der Waals surface area (Å²) in [7, 11) is 0.616. The lowest BCUT2D eigenvalue weighted by Crippen LogP contribution is -2.15. The summed E-state index contributed by atoms with van der Waals surface area (Å²) >= 11 is 0. The van der Waals surface area contributed by atoms with E-state index in [4.69, 9.17) is 0 Å². The predicted octanol–water partition coefficient (Wildman–Crippen LogP) is 2.55. The molecule has 1 aromatic heterocycles. The molecule has 0 spiro atoms. The first-order chi connectivity index (χ1) is 10.5. The van der Waals surface area contributed by atoms with Gasteiger partial charge in [0.1, 0.15) is 5.82 Å². The van der Waals surface area contributed by atoms with E-state index in [9.17, 15) is 8.42 Å². The standard InChI is InChI=1S/C16H21N3O2S/c1-4-22(20,21)15-10-6-5-9-14(15)18-12-13-8-7-11-17-16(13)19(2)3/h5-11,18H,4,12H2,1-3H3. The third-order valence-corrected chi connectivity index (χ3v) is 5.15. The van der Waals surface area contributed by atoms with Crippen LogP contribution in [0, 0.1) is 0 Å². The minimum atomic E-state index is -3.25. The molecule has 1 heterocycles. The van der Waals surface area contributed by atoms with Gasteiger partial charge in [-0.25, -0.2) is 13.4 Å². The first-order valence-electron chi connectivity index (χ1n) is 7.12. The molecule has 0 radical (unpaired) electrons. The molecule has 0 aliphatic rings. The highest BCUT2D eigenvalue weighted by Gasteiger charge is 2.16. The molecule has 0 saturated carbocycles. The van der Waals surface area contributed by atoms with Gasteiger partial charge in [-0.3, -0.25) is 0 Å². The van der Waals surface area contributed by atoms with E-state index in [2.05, 4.69) is 10.3 Å². The van der Waals surface area contributed by atoms with Gasteiger partial charge < -0.3 is 10.2 Å². The number of nitrogens with zero attached hydrogens (tertiary/aromatic N) is 2. The second-order valence-electron chi connectivity index (χ2n) is 5.13. The number of anilines is 2. The van der Waals surface area contributed by atoms with Crippen LogP contribution in [-0.4, -0.2) is 33.2 Å². The van der Waals surface area contributed by atoms with Crippen molar-refractivity contribution in [2.45, 2.75) is 18.4 Å². The maximum Gasteiger partial charge on any atom is 0.180 e. The van der Waals surface area contributed by atoms with Gasteiger partial charge in [0.2, 0.25) is 0 Å². The Hall–Kier alpha value is -2.08. The van der Waals surface area contributed by atoms with Crippen LogP contribution in [0.2, 0.25) is 0 Å². The lowest BCUT2D eigenvalue weighted by Gasteiger charge is -2.17. The lowest BCUT2D eigenvalue weighted by molar-refractivity contribution is 0.597. The molecule has 1 N–H and O–H groups in total. The maximum atomic E-state index is 12.1. The zero-order chi connectivity index (χ0) is 16.2. The van der Waals surface area contributed by atoms with E-state index in [1.165, 1.54) is 0 Å². The monoisotopic (exact) mass is 319 g/mol. The van der Waals surface area contributed by atoms with Crippen molar-refractivity contribution in [1.29, 1.82) is 0 Å². The van der Waals surface area contributed by atoms with E-state index in [1.54, 1.807) is 31.3 Å². The van der Waals surface area contributed by atoms with Gasteiger partial charge in [0.25, 0.3) is 0 Å². The van der Waals surface area contributed by atoms with Gasteiger partial charge in [-0.2, -0.15) is 0 Å². The third kappa shape index (κ3) is 3.57. The first-order valence-corrected chi connectivity index (χ1v) is 8.78. The fourth-order valence-electron chi connectivity index (χ4n) is 2.20. The quantitative estimate of drug-likeness (QED) is 0.886. The highest BCUT2D eigenvalue weighted by molar-refractivity contribution is 7.91. The van der Waals surface area contributed by atoms with Crippen molar-refractivity contribution in [2.75, 3.05) is 30.1 Å². The van der Waals surface area contributed by atoms with Crippen LogP contribution in [0.5, 0.6) is 0 Å². The molecule has 2 rings (SSSR count). The molecule has 0 atom stereocenters. The average Bonchev–Trinajstić information content (AvgIpc) is 2.53. The molecule has 0 aliphatic heterocycles. The minimum Gasteiger partial charge on any atom is -0.380 e. The summed E-state index contributed by atoms with van der Waals surface area (Å²) in [6.07, 6.45) is 1.74. The van der Waals surface area contributed by atoms with Gasteiger partial charge in [0, 0.05) is 32.4 Å². The molecular formula is C16H21N3O2S. The summed E-state index contributed by atoms with van der Waals surface area (Å²) < 4.78 is 24.3. The van der Waals surface area contributed by atoms with Crippen molar-refractivity contribution in [1.82, 2.24) is 4.98 Å². The maximum absolute atomic E-state index is 12.1. The van der Waals surface area contributed by atoms with Crippen molar-refractivity contribution < 1.29 is 8.42 Å². The van der Waals surface area contributed by atoms with Crippen molar-refractivity contribution in [3.63, 3.8) is 0 Å². The van der Waals surface area contributed by atoms with Crippen LogP contribution in [0.25, 0.3) is 0 Å². The lowest BCUT2D eigenvalue weighted by atomic mass is 10.2. The van der Waals surface area contributed by atoms with Crippen molar-refractivity contribution in [3.05, 3.63) is 48.2 Å². The van der Waals surface area contributed by atoms with Crippen LogP contribution in [0.1, 0.15) is 12.5 Å². The SMILES string of the molecule is CCS(=O)(=O)c1ccccc1NCc1cccnc1N(C)C. The fourth-order valence-corrected chi connectivity index (χ4v) is 3.27. The Morgan fingerprint density at radius 3 is 2.55 bits per heavy atom. The number of para-hydroxylation sites is 1. The minimum absolute atomic E-state index is 0.0849. The topological polar surface area (TPSA) is 62.3 Å². The van der Waals surface area contributed by atoms with E-state index >= 15 is 0 Å². The number of hydrogen-bond acceptors (Lipinski definition) is 5. The highest BCUT2D eigenvalue weighted by Crippen LogP contribution is 2.23. The van der Waals surface area contributed by atoms with E-state index in [-0.39, 0.29) is 5.75 Å². The van der Waals surface area contributed by atoms with Crippen molar-refractivity contribution in [2.24, 2.45) is 0 Å². The molecule has 0 fully saturated rings. The third-order valence-electron chi connectivity index (χ3n) is 3.36. The van der Waals surface area contributed by atoms with Gasteiger partial charge >= 0.3 is 0 Å². The summed E-state index contributed by atoms with van der Waals surface area (Å²) in [6, 6.07) is 10.8. The van der Waals surface area contributed by atoms with Gasteiger partial charge in [0.15, 0.2) is 9.84 Å². The Morgan fingerprint density at radius 2 is 1.86 bits per heavy atom. The average molecular weight is 319 g/mol. The van der Waals surface area contributed by atoms with Crippen molar-refractivity contribution in [3.8, 4) is 0 Å². The first kappa shape index (κ1) is 16.3. The molecule has 0 amide bonds. The summed E-state index contributed by atoms with van der Waals surface area (Å²) in [4.78, 5) is 6.62. The number of nitrogens with one attached hydrogen (secondary N) is 1. The summed E-state index contributed by atoms with van der Waals surface area (Å²) in [6.45, 7) is 2.16. The Morgan fingerprint density at radius 1 is 1.14 bits per heavy atom. The summed E-state index contributed by atoms with van der Waals surface area (Å²) in [5.74, 6) is 0.951. The molecule has 22 heavy (non-hydrogen) atoms. The van der Waals surface area contributed by atoms with Gasteiger partial charge in [-0.1, -0.05) is 25.1 Å². The predicted molar refractivity (Wildman–Crippen MR) is 90.1 cm³/mol. The molecule has 5 nitrogen and oxygen atoms in total. The normalized spacial score (nSPS) is 11.2. The Labute approximate surface area is 131 Å². The van der Waals surface area contributed by atoms with E-state index < -0.39 is 9.84 Å². The van der Waals surface area contributed by atoms with Gasteiger partial charge in [-0.05, 0) is 18.2 Å². The second kappa shape index (κ2) is 6.79. The zero-order valence-corrected chi connectivity index (χ0v) is 13.9. The number of benzene rings is 1. The number of hydrogen-bond donors (Lipinski definition) is 1. The van der Waals surface area contributed by atoms with Crippen LogP contribution in [0.3, 0.4) is 0 Å². The zero-order valence-electron chi connectivity index (χ0n) is 13.1. The number of aromatic nitrogens is 1.